The van der Waals surface area contributed by atoms with Crippen LogP contribution in [0.4, 0.5) is 0 Å². The van der Waals surface area contributed by atoms with Crippen molar-refractivity contribution >= 4 is 46.0 Å². The molecular weight excluding hydrogens is 414 g/mol. The van der Waals surface area contributed by atoms with E-state index in [2.05, 4.69) is 16.2 Å². The van der Waals surface area contributed by atoms with E-state index in [1.807, 2.05) is 42.5 Å². The molecule has 3 aromatic rings. The molecule has 0 fully saturated rings. The summed E-state index contributed by atoms with van der Waals surface area (Å²) < 4.78 is 10.4. The second-order valence-electron chi connectivity index (χ2n) is 6.36. The lowest BCUT2D eigenvalue weighted by Gasteiger charge is -2.11. The number of hydrazine groups is 1. The number of ether oxygens (including phenoxy) is 2. The smallest absolute Gasteiger partial charge is 0.276 e. The summed E-state index contributed by atoms with van der Waals surface area (Å²) in [5.41, 5.74) is 5.73. The molecule has 158 valence electrons. The predicted octanol–water partition coefficient (Wildman–Crippen LogP) is 2.96. The number of methoxy groups -OCH3 is 1. The first-order chi connectivity index (χ1) is 15.0. The molecule has 0 spiro atoms. The first-order valence-corrected chi connectivity index (χ1v) is 9.78. The van der Waals surface area contributed by atoms with Gasteiger partial charge < -0.3 is 9.47 Å². The molecule has 7 nitrogen and oxygen atoms in total. The molecule has 0 saturated heterocycles. The summed E-state index contributed by atoms with van der Waals surface area (Å²) in [6, 6.07) is 20.6. The zero-order valence-electron chi connectivity index (χ0n) is 16.8. The molecule has 0 bridgehead atoms. The molecule has 31 heavy (non-hydrogen) atoms. The molecule has 0 saturated carbocycles. The fourth-order valence-corrected chi connectivity index (χ4v) is 2.88. The maximum atomic E-state index is 12.1. The van der Waals surface area contributed by atoms with Gasteiger partial charge in [-0.3, -0.25) is 25.8 Å². The van der Waals surface area contributed by atoms with Gasteiger partial charge in [0.05, 0.1) is 7.11 Å². The molecule has 2 amide bonds. The molecule has 0 radical (unpaired) electrons. The molecule has 0 aromatic heterocycles. The summed E-state index contributed by atoms with van der Waals surface area (Å²) in [6.45, 7) is -0.225. The van der Waals surface area contributed by atoms with Crippen molar-refractivity contribution in [3.63, 3.8) is 0 Å². The van der Waals surface area contributed by atoms with Crippen molar-refractivity contribution in [3.8, 4) is 11.5 Å². The van der Waals surface area contributed by atoms with Crippen LogP contribution in [0, 0.1) is 0 Å². The highest BCUT2D eigenvalue weighted by molar-refractivity contribution is 7.80. The zero-order chi connectivity index (χ0) is 22.1. The number of hydrogen-bond donors (Lipinski definition) is 3. The number of nitrogens with one attached hydrogen (secondary N) is 3. The van der Waals surface area contributed by atoms with E-state index in [-0.39, 0.29) is 11.7 Å². The van der Waals surface area contributed by atoms with E-state index in [9.17, 15) is 9.59 Å². The number of hydrogen-bond acceptors (Lipinski definition) is 5. The van der Waals surface area contributed by atoms with Gasteiger partial charge in [-0.15, -0.1) is 0 Å². The van der Waals surface area contributed by atoms with E-state index in [0.29, 0.717) is 11.5 Å². The van der Waals surface area contributed by atoms with Crippen molar-refractivity contribution in [1.29, 1.82) is 0 Å². The second-order valence-corrected chi connectivity index (χ2v) is 6.77. The van der Waals surface area contributed by atoms with Gasteiger partial charge in [-0.25, -0.2) is 0 Å². The van der Waals surface area contributed by atoms with Crippen LogP contribution in [0.25, 0.3) is 16.8 Å². The molecule has 0 aliphatic carbocycles. The molecule has 3 N–H and O–H groups in total. The third-order valence-electron chi connectivity index (χ3n) is 4.22. The number of rotatable bonds is 6. The van der Waals surface area contributed by atoms with Crippen LogP contribution in [0.2, 0.25) is 0 Å². The number of thiocarbonyl (C=S) groups is 1. The van der Waals surface area contributed by atoms with Gasteiger partial charge >= 0.3 is 0 Å². The van der Waals surface area contributed by atoms with Crippen LogP contribution in [-0.2, 0) is 9.59 Å². The predicted molar refractivity (Wildman–Crippen MR) is 123 cm³/mol. The van der Waals surface area contributed by atoms with Gasteiger partial charge in [0.1, 0.15) is 11.5 Å². The topological polar surface area (TPSA) is 88.7 Å². The van der Waals surface area contributed by atoms with Crippen LogP contribution in [0.1, 0.15) is 5.56 Å². The summed E-state index contributed by atoms with van der Waals surface area (Å²) in [5.74, 6) is 0.326. The van der Waals surface area contributed by atoms with Gasteiger partial charge in [0.15, 0.2) is 11.7 Å². The summed E-state index contributed by atoms with van der Waals surface area (Å²) in [5, 5.41) is 4.55. The van der Waals surface area contributed by atoms with Gasteiger partial charge in [0.25, 0.3) is 5.91 Å². The van der Waals surface area contributed by atoms with E-state index in [4.69, 9.17) is 21.7 Å². The van der Waals surface area contributed by atoms with Gasteiger partial charge in [-0.05, 0) is 58.9 Å². The highest BCUT2D eigenvalue weighted by atomic mass is 32.1. The Bertz CT molecular complexity index is 1110. The third-order valence-corrected chi connectivity index (χ3v) is 4.42. The number of carbonyl (C=O) groups excluding carboxylic acids is 2. The summed E-state index contributed by atoms with van der Waals surface area (Å²) >= 11 is 5.02. The second kappa shape index (κ2) is 10.7. The van der Waals surface area contributed by atoms with Crippen LogP contribution in [0.15, 0.2) is 72.8 Å². The van der Waals surface area contributed by atoms with E-state index in [1.165, 1.54) is 6.08 Å². The molecule has 8 heteroatoms. The average Bonchev–Trinajstić information content (AvgIpc) is 2.80. The van der Waals surface area contributed by atoms with Gasteiger partial charge in [-0.2, -0.15) is 0 Å². The number of carbonyl (C=O) groups is 2. The van der Waals surface area contributed by atoms with Gasteiger partial charge in [0.2, 0.25) is 5.91 Å². The SMILES string of the molecule is COc1ccc(OCC(=O)NNC(=S)NC(=O)C=Cc2cccc3ccccc23)cc1. The minimum absolute atomic E-state index is 0.0367. The first-order valence-electron chi connectivity index (χ1n) is 9.37. The van der Waals surface area contributed by atoms with E-state index < -0.39 is 11.8 Å². The minimum Gasteiger partial charge on any atom is -0.497 e. The molecule has 0 heterocycles. The molecule has 0 unspecified atom stereocenters. The lowest BCUT2D eigenvalue weighted by atomic mass is 10.0. The van der Waals surface area contributed by atoms with E-state index in [0.717, 1.165) is 16.3 Å². The van der Waals surface area contributed by atoms with Crippen molar-refractivity contribution in [2.75, 3.05) is 13.7 Å². The number of benzene rings is 3. The van der Waals surface area contributed by atoms with Crippen LogP contribution in [0.5, 0.6) is 11.5 Å². The zero-order valence-corrected chi connectivity index (χ0v) is 17.6. The normalized spacial score (nSPS) is 10.5. The maximum absolute atomic E-state index is 12.1. The Hall–Kier alpha value is -3.91. The Morgan fingerprint density at radius 2 is 1.65 bits per heavy atom. The summed E-state index contributed by atoms with van der Waals surface area (Å²) in [7, 11) is 1.57. The fourth-order valence-electron chi connectivity index (χ4n) is 2.73. The quantitative estimate of drug-likeness (QED) is 0.313. The molecular formula is C23H21N3O4S. The largest absolute Gasteiger partial charge is 0.497 e. The van der Waals surface area contributed by atoms with Crippen LogP contribution in [-0.4, -0.2) is 30.6 Å². The maximum Gasteiger partial charge on any atom is 0.276 e. The lowest BCUT2D eigenvalue weighted by Crippen LogP contribution is -2.49. The van der Waals surface area contributed by atoms with Crippen LogP contribution < -0.4 is 25.6 Å². The van der Waals surface area contributed by atoms with E-state index in [1.54, 1.807) is 37.5 Å². The first kappa shape index (κ1) is 21.8. The van der Waals surface area contributed by atoms with Crippen LogP contribution in [0.3, 0.4) is 0 Å². The molecule has 3 aromatic carbocycles. The van der Waals surface area contributed by atoms with Crippen molar-refractivity contribution < 1.29 is 19.1 Å². The van der Waals surface area contributed by atoms with Crippen molar-refractivity contribution in [2.45, 2.75) is 0 Å². The van der Waals surface area contributed by atoms with Crippen LogP contribution >= 0.6 is 12.2 Å². The average molecular weight is 436 g/mol. The number of fused-ring (bicyclic) bond motifs is 1. The lowest BCUT2D eigenvalue weighted by molar-refractivity contribution is -0.123. The molecule has 0 aliphatic heterocycles. The Kier molecular flexibility index (Phi) is 7.56. The minimum atomic E-state index is -0.460. The Morgan fingerprint density at radius 3 is 2.42 bits per heavy atom. The molecule has 0 atom stereocenters. The number of amides is 2. The third kappa shape index (κ3) is 6.55. The highest BCUT2D eigenvalue weighted by Gasteiger charge is 2.06. The van der Waals surface area contributed by atoms with E-state index >= 15 is 0 Å². The van der Waals surface area contributed by atoms with Gasteiger partial charge in [0, 0.05) is 6.08 Å². The van der Waals surface area contributed by atoms with Crippen molar-refractivity contribution in [1.82, 2.24) is 16.2 Å². The monoisotopic (exact) mass is 435 g/mol. The standard InChI is InChI=1S/C23H21N3O4S/c1-29-18-10-12-19(13-11-18)30-15-22(28)25-26-23(31)24-21(27)14-9-17-7-4-6-16-5-2-3-8-20(16)17/h2-14H,15H2,1H3,(H,25,28)(H2,24,26,27,31). The fraction of sp³-hybridized carbons (Fsp3) is 0.0870. The molecule has 0 aliphatic rings. The van der Waals surface area contributed by atoms with Crippen molar-refractivity contribution in [3.05, 3.63) is 78.4 Å². The highest BCUT2D eigenvalue weighted by Crippen LogP contribution is 2.19. The Morgan fingerprint density at radius 1 is 0.935 bits per heavy atom. The van der Waals surface area contributed by atoms with Crippen molar-refractivity contribution in [2.24, 2.45) is 0 Å². The summed E-state index contributed by atoms with van der Waals surface area (Å²) in [4.78, 5) is 24.0. The Balaban J connectivity index is 1.42. The summed E-state index contributed by atoms with van der Waals surface area (Å²) in [6.07, 6.45) is 3.09. The Labute approximate surface area is 185 Å². The van der Waals surface area contributed by atoms with Gasteiger partial charge in [-0.1, -0.05) is 42.5 Å². The molecule has 3 rings (SSSR count).